The SMILES string of the molecule is CCCC(=O)C(=O)C(CC1CCC2OC2C1)CC1CCC2OC2C1. The molecule has 4 nitrogen and oxygen atoms in total. The molecule has 0 aromatic rings. The van der Waals surface area contributed by atoms with Gasteiger partial charge in [-0.25, -0.2) is 0 Å². The Bertz CT molecular complexity index is 472. The molecular formula is C20H30O4. The van der Waals surface area contributed by atoms with Crippen LogP contribution in [0.4, 0.5) is 0 Å². The minimum atomic E-state index is -0.143. The molecule has 0 bridgehead atoms. The number of hydrogen-bond donors (Lipinski definition) is 0. The summed E-state index contributed by atoms with van der Waals surface area (Å²) in [6.07, 6.45) is 11.6. The highest BCUT2D eigenvalue weighted by atomic mass is 16.6. The van der Waals surface area contributed by atoms with Gasteiger partial charge in [0.2, 0.25) is 5.78 Å². The standard InChI is InChI=1S/C20H30O4/c1-2-3-15(21)20(22)14(8-12-4-6-16-18(10-12)23-16)9-13-5-7-17-19(11-13)24-17/h12-14,16-19H,2-11H2,1H3. The van der Waals surface area contributed by atoms with Crippen molar-refractivity contribution < 1.29 is 19.1 Å². The molecule has 2 saturated carbocycles. The van der Waals surface area contributed by atoms with E-state index in [1.54, 1.807) is 0 Å². The summed E-state index contributed by atoms with van der Waals surface area (Å²) >= 11 is 0. The Kier molecular flexibility index (Phi) is 4.79. The second-order valence-electron chi connectivity index (χ2n) is 8.49. The summed E-state index contributed by atoms with van der Waals surface area (Å²) in [7, 11) is 0. The average molecular weight is 334 g/mol. The number of carbonyl (C=O) groups excluding carboxylic acids is 2. The molecule has 6 unspecified atom stereocenters. The molecule has 4 fully saturated rings. The lowest BCUT2D eigenvalue weighted by Crippen LogP contribution is -2.30. The fourth-order valence-electron chi connectivity index (χ4n) is 5.09. The molecular weight excluding hydrogens is 304 g/mol. The number of epoxide rings is 2. The summed E-state index contributed by atoms with van der Waals surface area (Å²) in [5.41, 5.74) is 0. The minimum absolute atomic E-state index is 0.0651. The molecule has 6 atom stereocenters. The summed E-state index contributed by atoms with van der Waals surface area (Å²) in [5, 5.41) is 0. The van der Waals surface area contributed by atoms with Gasteiger partial charge >= 0.3 is 0 Å². The van der Waals surface area contributed by atoms with E-state index in [2.05, 4.69) is 0 Å². The molecule has 0 aromatic heterocycles. The van der Waals surface area contributed by atoms with Crippen molar-refractivity contribution in [1.82, 2.24) is 0 Å². The third-order valence-corrected chi connectivity index (χ3v) is 6.58. The third kappa shape index (κ3) is 3.75. The largest absolute Gasteiger partial charge is 0.370 e. The predicted octanol–water partition coefficient (Wildman–Crippen LogP) is 3.46. The molecule has 0 aromatic carbocycles. The molecule has 2 saturated heterocycles. The zero-order chi connectivity index (χ0) is 16.7. The van der Waals surface area contributed by atoms with E-state index in [9.17, 15) is 9.59 Å². The van der Waals surface area contributed by atoms with Crippen LogP contribution in [0.2, 0.25) is 0 Å². The number of fused-ring (bicyclic) bond motifs is 2. The normalized spacial score (nSPS) is 41.0. The number of rotatable bonds is 8. The summed E-state index contributed by atoms with van der Waals surface area (Å²) in [4.78, 5) is 25.0. The zero-order valence-corrected chi connectivity index (χ0v) is 14.7. The quantitative estimate of drug-likeness (QED) is 0.504. The number of carbonyl (C=O) groups is 2. The minimum Gasteiger partial charge on any atom is -0.370 e. The fourth-order valence-corrected chi connectivity index (χ4v) is 5.09. The molecule has 0 amide bonds. The summed E-state index contributed by atoms with van der Waals surface area (Å²) in [5.74, 6) is 0.825. The van der Waals surface area contributed by atoms with E-state index < -0.39 is 0 Å². The van der Waals surface area contributed by atoms with Gasteiger partial charge in [-0.2, -0.15) is 0 Å². The van der Waals surface area contributed by atoms with Crippen LogP contribution in [0.15, 0.2) is 0 Å². The van der Waals surface area contributed by atoms with Gasteiger partial charge in [-0.05, 0) is 69.6 Å². The van der Waals surface area contributed by atoms with Gasteiger partial charge in [-0.15, -0.1) is 0 Å². The van der Waals surface area contributed by atoms with E-state index in [1.807, 2.05) is 6.92 Å². The van der Waals surface area contributed by atoms with Crippen molar-refractivity contribution >= 4 is 11.6 Å². The lowest BCUT2D eigenvalue weighted by Gasteiger charge is -2.28. The molecule has 2 aliphatic heterocycles. The molecule has 24 heavy (non-hydrogen) atoms. The summed E-state index contributed by atoms with van der Waals surface area (Å²) < 4.78 is 11.3. The highest BCUT2D eigenvalue weighted by Crippen LogP contribution is 2.45. The summed E-state index contributed by atoms with van der Waals surface area (Å²) in [6.45, 7) is 1.97. The van der Waals surface area contributed by atoms with Crippen molar-refractivity contribution in [3.63, 3.8) is 0 Å². The Hall–Kier alpha value is -0.740. The van der Waals surface area contributed by atoms with Gasteiger partial charge < -0.3 is 9.47 Å². The zero-order valence-electron chi connectivity index (χ0n) is 14.7. The van der Waals surface area contributed by atoms with Crippen molar-refractivity contribution in [3.05, 3.63) is 0 Å². The Labute approximate surface area is 144 Å². The number of Topliss-reactive ketones (excluding diaryl/α,β-unsaturated/α-hetero) is 2. The second kappa shape index (κ2) is 6.87. The molecule has 2 heterocycles. The maximum Gasteiger partial charge on any atom is 0.201 e. The van der Waals surface area contributed by atoms with E-state index in [0.29, 0.717) is 42.7 Å². The maximum atomic E-state index is 12.8. The van der Waals surface area contributed by atoms with Crippen LogP contribution in [0.25, 0.3) is 0 Å². The van der Waals surface area contributed by atoms with Crippen LogP contribution in [0.1, 0.15) is 71.1 Å². The van der Waals surface area contributed by atoms with Gasteiger partial charge in [0.25, 0.3) is 0 Å². The van der Waals surface area contributed by atoms with Crippen LogP contribution in [0, 0.1) is 17.8 Å². The molecule has 0 spiro atoms. The number of ether oxygens (including phenoxy) is 2. The van der Waals surface area contributed by atoms with Crippen LogP contribution in [0.3, 0.4) is 0 Å². The molecule has 4 rings (SSSR count). The molecule has 0 N–H and O–H groups in total. The summed E-state index contributed by atoms with van der Waals surface area (Å²) in [6, 6.07) is 0. The number of hydrogen-bond acceptors (Lipinski definition) is 4. The van der Waals surface area contributed by atoms with Gasteiger partial charge in [-0.3, -0.25) is 9.59 Å². The maximum absolute atomic E-state index is 12.8. The van der Waals surface area contributed by atoms with Crippen molar-refractivity contribution in [2.24, 2.45) is 17.8 Å². The van der Waals surface area contributed by atoms with Crippen molar-refractivity contribution in [2.45, 2.75) is 95.5 Å². The lowest BCUT2D eigenvalue weighted by atomic mass is 9.75. The third-order valence-electron chi connectivity index (χ3n) is 6.58. The van der Waals surface area contributed by atoms with Crippen molar-refractivity contribution in [1.29, 1.82) is 0 Å². The Morgan fingerprint density at radius 3 is 1.88 bits per heavy atom. The van der Waals surface area contributed by atoms with Crippen LogP contribution >= 0.6 is 0 Å². The molecule has 0 radical (unpaired) electrons. The van der Waals surface area contributed by atoms with E-state index in [-0.39, 0.29) is 17.5 Å². The molecule has 2 aliphatic carbocycles. The fraction of sp³-hybridized carbons (Fsp3) is 0.900. The first-order chi connectivity index (χ1) is 11.6. The van der Waals surface area contributed by atoms with E-state index in [1.165, 1.54) is 0 Å². The highest BCUT2D eigenvalue weighted by molar-refractivity contribution is 6.37. The van der Waals surface area contributed by atoms with Crippen LogP contribution in [-0.4, -0.2) is 36.0 Å². The predicted molar refractivity (Wildman–Crippen MR) is 89.7 cm³/mol. The Morgan fingerprint density at radius 2 is 1.42 bits per heavy atom. The van der Waals surface area contributed by atoms with Gasteiger partial charge in [-0.1, -0.05) is 6.92 Å². The average Bonchev–Trinajstić information content (AvgIpc) is 3.47. The monoisotopic (exact) mass is 334 g/mol. The highest BCUT2D eigenvalue weighted by Gasteiger charge is 2.46. The van der Waals surface area contributed by atoms with Gasteiger partial charge in [0.1, 0.15) is 0 Å². The van der Waals surface area contributed by atoms with E-state index in [0.717, 1.165) is 57.8 Å². The van der Waals surface area contributed by atoms with E-state index in [4.69, 9.17) is 9.47 Å². The molecule has 134 valence electrons. The van der Waals surface area contributed by atoms with Gasteiger partial charge in [0, 0.05) is 12.3 Å². The Balaban J connectivity index is 1.37. The van der Waals surface area contributed by atoms with Gasteiger partial charge in [0.15, 0.2) is 5.78 Å². The van der Waals surface area contributed by atoms with Crippen LogP contribution < -0.4 is 0 Å². The van der Waals surface area contributed by atoms with E-state index >= 15 is 0 Å². The van der Waals surface area contributed by atoms with Crippen molar-refractivity contribution in [3.8, 4) is 0 Å². The first-order valence-corrected chi connectivity index (χ1v) is 10.0. The molecule has 4 aliphatic rings. The topological polar surface area (TPSA) is 59.2 Å². The first kappa shape index (κ1) is 16.7. The van der Waals surface area contributed by atoms with Crippen LogP contribution in [0.5, 0.6) is 0 Å². The first-order valence-electron chi connectivity index (χ1n) is 10.0. The van der Waals surface area contributed by atoms with Crippen molar-refractivity contribution in [2.75, 3.05) is 0 Å². The van der Waals surface area contributed by atoms with Crippen LogP contribution in [-0.2, 0) is 19.1 Å². The number of ketones is 2. The smallest absolute Gasteiger partial charge is 0.201 e. The molecule has 4 heteroatoms. The lowest BCUT2D eigenvalue weighted by molar-refractivity contribution is -0.139. The second-order valence-corrected chi connectivity index (χ2v) is 8.49. The Morgan fingerprint density at radius 1 is 0.875 bits per heavy atom. The van der Waals surface area contributed by atoms with Gasteiger partial charge in [0.05, 0.1) is 24.4 Å².